The minimum Gasteiger partial charge on any atom is -0.665 e. The van der Waals surface area contributed by atoms with Crippen LogP contribution in [0.2, 0.25) is 0 Å². The molecule has 1 N–H and O–H groups in total. The Morgan fingerprint density at radius 2 is 1.75 bits per heavy atom. The van der Waals surface area contributed by atoms with Gasteiger partial charge in [0.15, 0.2) is 0 Å². The molecule has 28 valence electrons. The smallest absolute Gasteiger partial charge is 0 e. The molecule has 0 saturated carbocycles. The first kappa shape index (κ1) is 8.92. The summed E-state index contributed by atoms with van der Waals surface area (Å²) in [4.78, 5) is 8.24. The summed E-state index contributed by atoms with van der Waals surface area (Å²) in [7, 11) is 0. The van der Waals surface area contributed by atoms with Crippen LogP contribution in [-0.2, 0) is 25.2 Å². The van der Waals surface area contributed by atoms with Crippen molar-refractivity contribution < 1.29 is 30.3 Å². The fourth-order valence-corrected chi connectivity index (χ4v) is 0. The normalized spacial score (nSPS) is 3.00. The second-order valence-corrected chi connectivity index (χ2v) is 0.0913. The predicted octanol–water partition coefficient (Wildman–Crippen LogP) is -0.391. The molecule has 2 nitrogen and oxygen atoms in total. The van der Waals surface area contributed by atoms with Crippen LogP contribution in [0.3, 0.4) is 0 Å². The van der Waals surface area contributed by atoms with Gasteiger partial charge in [-0.15, -0.1) is 0 Å². The van der Waals surface area contributed by atoms with E-state index in [0.29, 0.717) is 6.47 Å². The van der Waals surface area contributed by atoms with Gasteiger partial charge in [0.1, 0.15) is 0 Å². The predicted molar refractivity (Wildman–Crippen MR) is 8.32 cm³/mol. The summed E-state index contributed by atoms with van der Waals surface area (Å²) in [6.45, 7) is 0.500. The molecule has 0 spiro atoms. The van der Waals surface area contributed by atoms with Gasteiger partial charge in [-0.3, -0.25) is 0 Å². The molecule has 0 amide bonds. The summed E-state index contributed by atoms with van der Waals surface area (Å²) < 4.78 is 0. The van der Waals surface area contributed by atoms with Gasteiger partial charge in [-0.1, -0.05) is 6.47 Å². The molecule has 0 aliphatic carbocycles. The molecule has 0 radical (unpaired) electrons. The topological polar surface area (TPSA) is 37.3 Å². The summed E-state index contributed by atoms with van der Waals surface area (Å²) >= 11 is 0. The maximum Gasteiger partial charge on any atom is 0 e. The van der Waals surface area contributed by atoms with E-state index < -0.39 is 0 Å². The van der Waals surface area contributed by atoms with Gasteiger partial charge < -0.3 is 9.90 Å². The molecule has 0 aromatic carbocycles. The maximum atomic E-state index is 8.24. The third-order valence-electron chi connectivity index (χ3n) is 0. The molecule has 0 bridgehead atoms. The van der Waals surface area contributed by atoms with Crippen molar-refractivity contribution in [2.45, 2.75) is 0 Å². The third-order valence-corrected chi connectivity index (χ3v) is 0. The fourth-order valence-electron chi connectivity index (χ4n) is 0. The fraction of sp³-hybridized carbons (Fsp3) is 0. The van der Waals surface area contributed by atoms with Crippen LogP contribution < -0.4 is 0 Å². The molecule has 0 fully saturated rings. The number of aliphatic hydroxyl groups excluding tert-OH is 1. The van der Waals surface area contributed by atoms with Crippen LogP contribution in [0.5, 0.6) is 0 Å². The number of hydrogen-bond donors (Lipinski definition) is 1. The van der Waals surface area contributed by atoms with Crippen molar-refractivity contribution in [2.24, 2.45) is 0 Å². The quantitative estimate of drug-likeness (QED) is 0.378. The van der Waals surface area contributed by atoms with Crippen molar-refractivity contribution in [1.29, 1.82) is 0 Å². The second kappa shape index (κ2) is 11.1. The first-order valence-electron chi connectivity index (χ1n) is 0.428. The zero-order chi connectivity index (χ0) is 2.71. The average molecular weight is 151 g/mol. The molecule has 0 aliphatic rings. The Bertz CT molecular complexity index is 13.5. The molecule has 0 aromatic heterocycles. The zero-order valence-corrected chi connectivity index (χ0v) is 3.23. The molecule has 0 heterocycles. The Morgan fingerprint density at radius 3 is 1.75 bits per heavy atom. The van der Waals surface area contributed by atoms with Gasteiger partial charge in [-0.05, 0) is 0 Å². The molecular weight excluding hydrogens is 150 g/mol. The average Bonchev–Trinajstić information content (AvgIpc) is 0.918. The van der Waals surface area contributed by atoms with E-state index in [0.717, 1.165) is 0 Å². The molecule has 0 aromatic rings. The largest absolute Gasteiger partial charge is 0.665 e. The second-order valence-electron chi connectivity index (χ2n) is 0.0913. The monoisotopic (exact) mass is 151 g/mol. The van der Waals surface area contributed by atoms with Crippen LogP contribution in [0.15, 0.2) is 0 Å². The van der Waals surface area contributed by atoms with Crippen molar-refractivity contribution in [2.75, 3.05) is 0 Å². The molecule has 0 rings (SSSR count). The van der Waals surface area contributed by atoms with E-state index in [1.165, 1.54) is 0 Å². The summed E-state index contributed by atoms with van der Waals surface area (Å²) in [6.07, 6.45) is 0. The zero-order valence-electron chi connectivity index (χ0n) is 1.67. The van der Waals surface area contributed by atoms with E-state index in [-0.39, 0.29) is 20.4 Å². The van der Waals surface area contributed by atoms with Crippen molar-refractivity contribution in [3.05, 3.63) is 0 Å². The Hall–Kier alpha value is 0.132. The van der Waals surface area contributed by atoms with Gasteiger partial charge in [0.2, 0.25) is 0 Å². The standard InChI is InChI=1S/CHO2.Pd/c2-1-3;/h(H,2,3);/q-1;. The Labute approximate surface area is 37.5 Å². The van der Waals surface area contributed by atoms with E-state index in [1.807, 2.05) is 0 Å². The van der Waals surface area contributed by atoms with Crippen molar-refractivity contribution in [1.82, 2.24) is 0 Å². The van der Waals surface area contributed by atoms with E-state index >= 15 is 0 Å². The van der Waals surface area contributed by atoms with E-state index in [9.17, 15) is 0 Å². The van der Waals surface area contributed by atoms with Crippen molar-refractivity contribution in [3.8, 4) is 0 Å². The van der Waals surface area contributed by atoms with Crippen LogP contribution in [-0.4, -0.2) is 11.6 Å². The summed E-state index contributed by atoms with van der Waals surface area (Å²) in [6, 6.07) is 0. The molecular formula is CHO2Pd-. The Kier molecular flexibility index (Phi) is 24.8. The Morgan fingerprint density at radius 1 is 1.75 bits per heavy atom. The first-order valence-corrected chi connectivity index (χ1v) is 0.428. The van der Waals surface area contributed by atoms with Crippen molar-refractivity contribution >= 4 is 6.47 Å². The minimum atomic E-state index is 0. The van der Waals surface area contributed by atoms with Crippen LogP contribution in [0, 0.1) is 0 Å². The summed E-state index contributed by atoms with van der Waals surface area (Å²) in [5, 5.41) is 6.76. The summed E-state index contributed by atoms with van der Waals surface area (Å²) in [5.74, 6) is 0. The molecule has 0 unspecified atom stereocenters. The van der Waals surface area contributed by atoms with Crippen LogP contribution in [0.1, 0.15) is 0 Å². The Balaban J connectivity index is 0. The SMILES string of the molecule is O=[C-]O.[Pd]. The number of hydrogen-bond acceptors (Lipinski definition) is 1. The van der Waals surface area contributed by atoms with E-state index in [4.69, 9.17) is 9.90 Å². The molecule has 4 heavy (non-hydrogen) atoms. The van der Waals surface area contributed by atoms with Gasteiger partial charge in [0.25, 0.3) is 0 Å². The van der Waals surface area contributed by atoms with Crippen molar-refractivity contribution in [3.63, 3.8) is 0 Å². The molecule has 0 aliphatic heterocycles. The molecule has 0 saturated heterocycles. The van der Waals surface area contributed by atoms with Gasteiger partial charge in [-0.25, -0.2) is 0 Å². The van der Waals surface area contributed by atoms with Crippen LogP contribution in [0.4, 0.5) is 0 Å². The first-order chi connectivity index (χ1) is 1.41. The van der Waals surface area contributed by atoms with E-state index in [2.05, 4.69) is 0 Å². The molecule has 0 atom stereocenters. The maximum absolute atomic E-state index is 8.24. The molecule has 3 heteroatoms. The van der Waals surface area contributed by atoms with Gasteiger partial charge >= 0.3 is 0 Å². The number of rotatable bonds is 0. The van der Waals surface area contributed by atoms with Crippen LogP contribution in [0.25, 0.3) is 0 Å². The van der Waals surface area contributed by atoms with Crippen LogP contribution >= 0.6 is 0 Å². The third kappa shape index (κ3) is 156. The van der Waals surface area contributed by atoms with E-state index in [1.54, 1.807) is 0 Å². The summed E-state index contributed by atoms with van der Waals surface area (Å²) in [5.41, 5.74) is 0. The van der Waals surface area contributed by atoms with Gasteiger partial charge in [0.05, 0.1) is 0 Å². The van der Waals surface area contributed by atoms with Gasteiger partial charge in [-0.2, -0.15) is 0 Å². The minimum absolute atomic E-state index is 0. The van der Waals surface area contributed by atoms with Gasteiger partial charge in [0, 0.05) is 20.4 Å².